The highest BCUT2D eigenvalue weighted by atomic mass is 35.5. The van der Waals surface area contributed by atoms with E-state index in [1.165, 1.54) is 0 Å². The Labute approximate surface area is 131 Å². The van der Waals surface area contributed by atoms with Crippen LogP contribution >= 0.6 is 11.6 Å². The average molecular weight is 337 g/mol. The summed E-state index contributed by atoms with van der Waals surface area (Å²) in [6, 6.07) is 0.954. The highest BCUT2D eigenvalue weighted by Gasteiger charge is 2.38. The summed E-state index contributed by atoms with van der Waals surface area (Å²) in [5.41, 5.74) is -0.0894. The standard InChI is InChI=1S/C13H17ClF3N5/c1-8(2)22(6-9-5-21(3)7-18-9)11-4-10(13(15,16)17)19-12(14)20-11/h4-5,8,18H,6-7H2,1-3H3/p+1. The molecule has 1 aliphatic rings. The van der Waals surface area contributed by atoms with Crippen LogP contribution in [0.2, 0.25) is 5.28 Å². The second-order valence-electron chi connectivity index (χ2n) is 5.41. The number of anilines is 1. The van der Waals surface area contributed by atoms with E-state index in [1.807, 2.05) is 32.0 Å². The van der Waals surface area contributed by atoms with E-state index < -0.39 is 11.9 Å². The van der Waals surface area contributed by atoms with Gasteiger partial charge < -0.3 is 10.2 Å². The molecule has 5 nitrogen and oxygen atoms in total. The summed E-state index contributed by atoms with van der Waals surface area (Å²) >= 11 is 5.71. The van der Waals surface area contributed by atoms with Gasteiger partial charge in [0.1, 0.15) is 6.54 Å². The molecule has 122 valence electrons. The number of alkyl halides is 3. The van der Waals surface area contributed by atoms with Crippen LogP contribution in [0.1, 0.15) is 19.5 Å². The van der Waals surface area contributed by atoms with Crippen LogP contribution in [0.5, 0.6) is 0 Å². The minimum Gasteiger partial charge on any atom is -0.367 e. The SMILES string of the molecule is CC(C)N(CC1=CN(C)CN1)c1cc(C(F)(F)F)nc(Cl)[nH+]1. The first-order valence-corrected chi connectivity index (χ1v) is 7.13. The quantitative estimate of drug-likeness (QED) is 0.856. The first-order valence-electron chi connectivity index (χ1n) is 6.75. The molecule has 0 amide bonds. The molecule has 1 aliphatic heterocycles. The molecule has 0 aromatic carbocycles. The summed E-state index contributed by atoms with van der Waals surface area (Å²) in [6.45, 7) is 4.91. The summed E-state index contributed by atoms with van der Waals surface area (Å²) in [6.07, 6.45) is -2.62. The van der Waals surface area contributed by atoms with Crippen molar-refractivity contribution in [2.45, 2.75) is 26.1 Å². The molecule has 0 atom stereocenters. The molecule has 9 heteroatoms. The monoisotopic (exact) mass is 336 g/mol. The van der Waals surface area contributed by atoms with Gasteiger partial charge in [-0.1, -0.05) is 4.98 Å². The Morgan fingerprint density at radius 1 is 1.50 bits per heavy atom. The van der Waals surface area contributed by atoms with E-state index in [-0.39, 0.29) is 17.1 Å². The molecule has 1 aromatic heterocycles. The number of rotatable bonds is 4. The normalized spacial score (nSPS) is 15.1. The van der Waals surface area contributed by atoms with Crippen LogP contribution in [0, 0.1) is 0 Å². The summed E-state index contributed by atoms with van der Waals surface area (Å²) in [5.74, 6) is 0.277. The van der Waals surface area contributed by atoms with Gasteiger partial charge in [0.2, 0.25) is 11.5 Å². The molecule has 0 radical (unpaired) electrons. The van der Waals surface area contributed by atoms with Crippen molar-refractivity contribution in [2.75, 3.05) is 25.2 Å². The lowest BCUT2D eigenvalue weighted by molar-refractivity contribution is -0.367. The third-order valence-corrected chi connectivity index (χ3v) is 3.40. The molecular formula is C13H18ClF3N5+. The third-order valence-electron chi connectivity index (χ3n) is 3.22. The molecule has 0 saturated heterocycles. The van der Waals surface area contributed by atoms with Crippen molar-refractivity contribution in [3.8, 4) is 0 Å². The number of halogens is 4. The third kappa shape index (κ3) is 3.94. The number of nitrogens with one attached hydrogen (secondary N) is 2. The van der Waals surface area contributed by atoms with Crippen LogP contribution < -0.4 is 15.2 Å². The van der Waals surface area contributed by atoms with E-state index in [2.05, 4.69) is 15.3 Å². The molecule has 0 unspecified atom stereocenters. The summed E-state index contributed by atoms with van der Waals surface area (Å²) in [4.78, 5) is 9.76. The van der Waals surface area contributed by atoms with Crippen molar-refractivity contribution < 1.29 is 18.2 Å². The van der Waals surface area contributed by atoms with Gasteiger partial charge in [-0.05, 0) is 25.4 Å². The first-order chi connectivity index (χ1) is 10.2. The fourth-order valence-electron chi connectivity index (χ4n) is 2.15. The highest BCUT2D eigenvalue weighted by molar-refractivity contribution is 6.27. The molecule has 2 N–H and O–H groups in total. The lowest BCUT2D eigenvalue weighted by Crippen LogP contribution is -2.39. The maximum atomic E-state index is 12.9. The Bertz CT molecular complexity index is 573. The summed E-state index contributed by atoms with van der Waals surface area (Å²) in [5, 5.41) is 2.89. The predicted octanol–water partition coefficient (Wildman–Crippen LogP) is 2.12. The smallest absolute Gasteiger partial charge is 0.367 e. The number of nitrogens with zero attached hydrogens (tertiary/aromatic N) is 3. The maximum absolute atomic E-state index is 12.9. The van der Waals surface area contributed by atoms with Crippen molar-refractivity contribution in [1.29, 1.82) is 0 Å². The average Bonchev–Trinajstić information content (AvgIpc) is 2.79. The van der Waals surface area contributed by atoms with E-state index in [1.54, 1.807) is 4.90 Å². The zero-order chi connectivity index (χ0) is 16.5. The molecule has 1 aromatic rings. The molecule has 0 aliphatic carbocycles. The Morgan fingerprint density at radius 3 is 2.68 bits per heavy atom. The number of hydrogen-bond donors (Lipinski definition) is 1. The van der Waals surface area contributed by atoms with Gasteiger partial charge in [-0.3, -0.25) is 4.90 Å². The van der Waals surface area contributed by atoms with Gasteiger partial charge in [-0.25, -0.2) is 4.98 Å². The van der Waals surface area contributed by atoms with Gasteiger partial charge in [0.15, 0.2) is 0 Å². The van der Waals surface area contributed by atoms with E-state index >= 15 is 0 Å². The molecule has 2 rings (SSSR count). The Kier molecular flexibility index (Phi) is 4.69. The summed E-state index contributed by atoms with van der Waals surface area (Å²) < 4.78 is 38.7. The second-order valence-corrected chi connectivity index (χ2v) is 5.77. The lowest BCUT2D eigenvalue weighted by Gasteiger charge is -2.23. The van der Waals surface area contributed by atoms with Crippen LogP contribution in [0.3, 0.4) is 0 Å². The maximum Gasteiger partial charge on any atom is 0.449 e. The van der Waals surface area contributed by atoms with E-state index in [9.17, 15) is 13.2 Å². The van der Waals surface area contributed by atoms with Crippen molar-refractivity contribution in [3.63, 3.8) is 0 Å². The number of aromatic nitrogens is 2. The lowest BCUT2D eigenvalue weighted by atomic mass is 10.2. The molecule has 22 heavy (non-hydrogen) atoms. The summed E-state index contributed by atoms with van der Waals surface area (Å²) in [7, 11) is 1.91. The van der Waals surface area contributed by atoms with Crippen molar-refractivity contribution in [2.24, 2.45) is 0 Å². The number of hydrogen-bond acceptors (Lipinski definition) is 4. The van der Waals surface area contributed by atoms with Gasteiger partial charge in [0.05, 0.1) is 24.5 Å². The zero-order valence-electron chi connectivity index (χ0n) is 12.5. The van der Waals surface area contributed by atoms with E-state index in [4.69, 9.17) is 11.6 Å². The number of aromatic amines is 1. The molecule has 0 saturated carbocycles. The van der Waals surface area contributed by atoms with Crippen LogP contribution in [0.15, 0.2) is 18.0 Å². The van der Waals surface area contributed by atoms with Crippen molar-refractivity contribution >= 4 is 17.4 Å². The second kappa shape index (κ2) is 6.20. The van der Waals surface area contributed by atoms with Crippen LogP contribution in [0.4, 0.5) is 19.0 Å². The van der Waals surface area contributed by atoms with Crippen LogP contribution in [-0.2, 0) is 6.18 Å². The first kappa shape index (κ1) is 16.7. The minimum atomic E-state index is -4.54. The van der Waals surface area contributed by atoms with Gasteiger partial charge in [0.25, 0.3) is 0 Å². The highest BCUT2D eigenvalue weighted by Crippen LogP contribution is 2.29. The Morgan fingerprint density at radius 2 is 2.18 bits per heavy atom. The fourth-order valence-corrected chi connectivity index (χ4v) is 2.33. The Balaban J connectivity index is 2.32. The van der Waals surface area contributed by atoms with E-state index in [0.717, 1.165) is 11.8 Å². The van der Waals surface area contributed by atoms with Crippen molar-refractivity contribution in [3.05, 3.63) is 28.9 Å². The van der Waals surface area contributed by atoms with Crippen LogP contribution in [-0.4, -0.2) is 36.2 Å². The minimum absolute atomic E-state index is 0.0237. The topological polar surface area (TPSA) is 45.5 Å². The van der Waals surface area contributed by atoms with E-state index in [0.29, 0.717) is 13.2 Å². The molecule has 0 bridgehead atoms. The molecule has 0 spiro atoms. The van der Waals surface area contributed by atoms with Gasteiger partial charge >= 0.3 is 11.5 Å². The Hall–Kier alpha value is -1.70. The van der Waals surface area contributed by atoms with Crippen molar-refractivity contribution in [1.82, 2.24) is 15.2 Å². The van der Waals surface area contributed by atoms with Gasteiger partial charge in [0, 0.05) is 13.2 Å². The zero-order valence-corrected chi connectivity index (χ0v) is 13.3. The fraction of sp³-hybridized carbons (Fsp3) is 0.538. The molecule has 0 fully saturated rings. The van der Waals surface area contributed by atoms with Crippen LogP contribution in [0.25, 0.3) is 0 Å². The number of H-pyrrole nitrogens is 1. The largest absolute Gasteiger partial charge is 0.449 e. The molecule has 2 heterocycles. The molecular weight excluding hydrogens is 319 g/mol. The van der Waals surface area contributed by atoms with Gasteiger partial charge in [-0.15, -0.1) is 0 Å². The van der Waals surface area contributed by atoms with Gasteiger partial charge in [-0.2, -0.15) is 13.2 Å². The predicted molar refractivity (Wildman–Crippen MR) is 77.1 cm³/mol.